The number of benzene rings is 3. The molecule has 3 heterocycles. The number of nitrogens with one attached hydrogen (secondary N) is 1. The van der Waals surface area contributed by atoms with E-state index in [2.05, 4.69) is 70.9 Å². The molecule has 2 bridgehead atoms. The Morgan fingerprint density at radius 1 is 0.929 bits per heavy atom. The highest BCUT2D eigenvalue weighted by molar-refractivity contribution is 7.92. The Labute approximate surface area is 250 Å². The molecule has 3 aliphatic rings. The molecule has 3 saturated heterocycles. The van der Waals surface area contributed by atoms with Crippen molar-refractivity contribution in [3.8, 4) is 5.75 Å². The fourth-order valence-electron chi connectivity index (χ4n) is 6.21. The van der Waals surface area contributed by atoms with Crippen LogP contribution in [0.4, 0.5) is 5.69 Å². The van der Waals surface area contributed by atoms with Crippen molar-refractivity contribution in [2.75, 3.05) is 44.1 Å². The lowest BCUT2D eigenvalue weighted by Gasteiger charge is -2.54. The molecule has 3 fully saturated rings. The summed E-state index contributed by atoms with van der Waals surface area (Å²) in [6, 6.07) is 27.9. The molecule has 0 unspecified atom stereocenters. The molecule has 228 valence electrons. The van der Waals surface area contributed by atoms with Crippen LogP contribution in [0.5, 0.6) is 5.75 Å². The molecule has 6 rings (SSSR count). The summed E-state index contributed by atoms with van der Waals surface area (Å²) in [7, 11) is -3.77. The summed E-state index contributed by atoms with van der Waals surface area (Å²) in [5.41, 5.74) is 4.28. The predicted octanol–water partition coefficient (Wildman–Crippen LogP) is 3.98. The molecular weight excluding hydrogens is 574 g/mol. The van der Waals surface area contributed by atoms with Gasteiger partial charge in [-0.3, -0.25) is 13.8 Å². The van der Waals surface area contributed by atoms with E-state index in [0.717, 1.165) is 24.4 Å². The number of nitrogens with zero attached hydrogens (tertiary/aromatic N) is 2. The van der Waals surface area contributed by atoms with Gasteiger partial charge in [-0.15, -0.1) is 0 Å². The summed E-state index contributed by atoms with van der Waals surface area (Å²) in [5.74, 6) is 1.61. The number of piperidine rings is 3. The van der Waals surface area contributed by atoms with Crippen molar-refractivity contribution in [3.05, 3.63) is 95.6 Å². The number of ether oxygens (including phenoxy) is 1. The number of methoxy groups -OCH3 is 1. The number of rotatable bonds is 9. The Bertz CT molecular complexity index is 1480. The second kappa shape index (κ2) is 13.6. The molecule has 0 aliphatic carbocycles. The molecule has 3 aliphatic heterocycles. The number of sulfonamides is 1. The van der Waals surface area contributed by atoms with Crippen LogP contribution < -0.4 is 14.4 Å². The summed E-state index contributed by atoms with van der Waals surface area (Å²) in [6.07, 6.45) is 4.32. The monoisotopic (exact) mass is 615 g/mol. The van der Waals surface area contributed by atoms with Crippen LogP contribution in [0.15, 0.2) is 78.9 Å². The second-order valence-corrected chi connectivity index (χ2v) is 14.5. The van der Waals surface area contributed by atoms with Gasteiger partial charge < -0.3 is 10.1 Å². The number of hydrogen-bond donors (Lipinski definition) is 2. The second-order valence-electron chi connectivity index (χ2n) is 11.0. The Morgan fingerprint density at radius 2 is 1.45 bits per heavy atom. The minimum atomic E-state index is -3.67. The molecule has 2 N–H and O–H groups in total. The summed E-state index contributed by atoms with van der Waals surface area (Å²) in [6.45, 7) is 2.86. The van der Waals surface area contributed by atoms with E-state index in [1.54, 1.807) is 20.2 Å². The van der Waals surface area contributed by atoms with Crippen molar-refractivity contribution in [2.45, 2.75) is 37.4 Å². The van der Waals surface area contributed by atoms with Crippen LogP contribution in [-0.2, 0) is 26.7 Å². The molecule has 9 nitrogen and oxygen atoms in total. The zero-order chi connectivity index (χ0) is 30.5. The first-order valence-electron chi connectivity index (χ1n) is 14.0. The molecule has 2 atom stereocenters. The van der Waals surface area contributed by atoms with Crippen LogP contribution in [0.2, 0.25) is 0 Å². The lowest BCUT2D eigenvalue weighted by atomic mass is 9.70. The van der Waals surface area contributed by atoms with Gasteiger partial charge in [0, 0.05) is 37.2 Å². The van der Waals surface area contributed by atoms with E-state index < -0.39 is 20.1 Å². The predicted molar refractivity (Wildman–Crippen MR) is 167 cm³/mol. The average molecular weight is 616 g/mol. The van der Waals surface area contributed by atoms with E-state index in [1.165, 1.54) is 34.5 Å². The maximum Gasteiger partial charge on any atom is 0.261 e. The van der Waals surface area contributed by atoms with E-state index in [9.17, 15) is 16.8 Å². The smallest absolute Gasteiger partial charge is 0.261 e. The Hall–Kier alpha value is -2.96. The van der Waals surface area contributed by atoms with E-state index in [-0.39, 0.29) is 5.92 Å². The van der Waals surface area contributed by atoms with Gasteiger partial charge in [-0.2, -0.15) is 8.42 Å². The van der Waals surface area contributed by atoms with Gasteiger partial charge in [-0.1, -0.05) is 60.7 Å². The third-order valence-electron chi connectivity index (χ3n) is 8.18. The summed E-state index contributed by atoms with van der Waals surface area (Å²) in [4.78, 5) is 2.67. The van der Waals surface area contributed by atoms with Crippen molar-refractivity contribution < 1.29 is 26.1 Å². The van der Waals surface area contributed by atoms with Crippen LogP contribution in [-0.4, -0.2) is 78.1 Å². The van der Waals surface area contributed by atoms with Gasteiger partial charge >= 0.3 is 0 Å². The average Bonchev–Trinajstić information content (AvgIpc) is 2.96. The third-order valence-corrected chi connectivity index (χ3v) is 9.39. The molecule has 3 aromatic carbocycles. The topological polar surface area (TPSA) is 116 Å². The van der Waals surface area contributed by atoms with Gasteiger partial charge in [0.1, 0.15) is 5.75 Å². The van der Waals surface area contributed by atoms with Crippen molar-refractivity contribution in [2.24, 2.45) is 5.92 Å². The molecule has 11 heteroatoms. The molecule has 42 heavy (non-hydrogen) atoms. The first-order chi connectivity index (χ1) is 19.9. The standard InChI is InChI=1S/C30H37N3O3S.CH4O3S/c1-32(37(3,34)35)26-14-15-27(36-2)25(20-26)21-31-29-24-16-18-33(19-17-24)30(29)28(22-10-6-4-7-11-22)23-12-8-5-9-13-23;1-5(2,3)4/h4-15,20,24,28-31H,16-19,21H2,1-3H3;1H3,(H,2,3,4)/t29-,30-;/m0./s1. The summed E-state index contributed by atoms with van der Waals surface area (Å²) < 4.78 is 57.1. The number of fused-ring (bicyclic) bond motifs is 3. The summed E-state index contributed by atoms with van der Waals surface area (Å²) in [5, 5.41) is 3.93. The molecule has 0 amide bonds. The van der Waals surface area contributed by atoms with Gasteiger partial charge in [0.2, 0.25) is 10.0 Å². The molecule has 0 radical (unpaired) electrons. The Kier molecular flexibility index (Phi) is 10.3. The van der Waals surface area contributed by atoms with Gasteiger partial charge in [-0.25, -0.2) is 8.42 Å². The van der Waals surface area contributed by atoms with Crippen LogP contribution >= 0.6 is 0 Å². The normalized spacial score (nSPS) is 21.9. The minimum absolute atomic E-state index is 0.257. The highest BCUT2D eigenvalue weighted by Crippen LogP contribution is 2.42. The Morgan fingerprint density at radius 3 is 1.93 bits per heavy atom. The van der Waals surface area contributed by atoms with Crippen LogP contribution in [0.3, 0.4) is 0 Å². The SMILES string of the molecule is COc1ccc(N(C)S(C)(=O)=O)cc1CN[C@H]1C2CCN(CC2)[C@H]1C(c1ccccc1)c1ccccc1.CS(=O)(=O)O. The first-order valence-corrected chi connectivity index (χ1v) is 17.7. The lowest BCUT2D eigenvalue weighted by molar-refractivity contribution is 0.00462. The lowest BCUT2D eigenvalue weighted by Crippen LogP contribution is -2.64. The maximum absolute atomic E-state index is 12.2. The minimum Gasteiger partial charge on any atom is -0.496 e. The molecule has 0 aromatic heterocycles. The van der Waals surface area contributed by atoms with Gasteiger partial charge in [-0.05, 0) is 61.2 Å². The van der Waals surface area contributed by atoms with E-state index >= 15 is 0 Å². The van der Waals surface area contributed by atoms with Crippen LogP contribution in [0, 0.1) is 5.92 Å². The summed E-state index contributed by atoms with van der Waals surface area (Å²) >= 11 is 0. The zero-order valence-electron chi connectivity index (χ0n) is 24.5. The molecule has 3 aromatic rings. The fourth-order valence-corrected chi connectivity index (χ4v) is 6.71. The zero-order valence-corrected chi connectivity index (χ0v) is 26.2. The van der Waals surface area contributed by atoms with Crippen molar-refractivity contribution in [1.82, 2.24) is 10.2 Å². The molecular formula is C31H41N3O6S2. The largest absolute Gasteiger partial charge is 0.496 e. The van der Waals surface area contributed by atoms with E-state index in [0.29, 0.717) is 36.5 Å². The number of hydrogen-bond acceptors (Lipinski definition) is 7. The molecule has 0 spiro atoms. The van der Waals surface area contributed by atoms with Gasteiger partial charge in [0.05, 0.1) is 25.3 Å². The number of anilines is 1. The van der Waals surface area contributed by atoms with Crippen LogP contribution in [0.25, 0.3) is 0 Å². The maximum atomic E-state index is 12.2. The first kappa shape index (κ1) is 32.0. The highest BCUT2D eigenvalue weighted by atomic mass is 32.2. The van der Waals surface area contributed by atoms with E-state index in [1.807, 2.05) is 12.1 Å². The molecule has 0 saturated carbocycles. The van der Waals surface area contributed by atoms with E-state index in [4.69, 9.17) is 9.29 Å². The third kappa shape index (κ3) is 8.11. The Balaban J connectivity index is 0.000000748. The van der Waals surface area contributed by atoms with Gasteiger partial charge in [0.15, 0.2) is 0 Å². The van der Waals surface area contributed by atoms with Crippen LogP contribution in [0.1, 0.15) is 35.4 Å². The van der Waals surface area contributed by atoms with Crippen molar-refractivity contribution >= 4 is 25.8 Å². The van der Waals surface area contributed by atoms with Crippen molar-refractivity contribution in [3.63, 3.8) is 0 Å². The van der Waals surface area contributed by atoms with Crippen molar-refractivity contribution in [1.29, 1.82) is 0 Å². The quantitative estimate of drug-likeness (QED) is 0.348. The highest BCUT2D eigenvalue weighted by Gasteiger charge is 2.46. The fraction of sp³-hybridized carbons (Fsp3) is 0.419. The van der Waals surface area contributed by atoms with Gasteiger partial charge in [0.25, 0.3) is 10.1 Å².